The number of Topliss-reactive ketones (excluding diaryl/α,β-unsaturated/α-hetero) is 1. The number of nitrogens with two attached hydrogens (primary N) is 1. The van der Waals surface area contributed by atoms with Gasteiger partial charge in [0.2, 0.25) is 0 Å². The molecule has 0 saturated heterocycles. The Balaban J connectivity index is 2.62. The van der Waals surface area contributed by atoms with E-state index in [-0.39, 0.29) is 18.2 Å². The summed E-state index contributed by atoms with van der Waals surface area (Å²) >= 11 is 0. The van der Waals surface area contributed by atoms with Gasteiger partial charge in [-0.3, -0.25) is 4.79 Å². The average molecular weight is 238 g/mol. The van der Waals surface area contributed by atoms with E-state index in [1.165, 1.54) is 6.33 Å². The van der Waals surface area contributed by atoms with Gasteiger partial charge in [0, 0.05) is 6.54 Å². The molecule has 1 heterocycles. The summed E-state index contributed by atoms with van der Waals surface area (Å²) in [6, 6.07) is -0.371. The lowest BCUT2D eigenvalue weighted by atomic mass is 10.1. The molecule has 1 aromatic heterocycles. The third-order valence-electron chi connectivity index (χ3n) is 2.58. The molecule has 0 aromatic carbocycles. The summed E-state index contributed by atoms with van der Waals surface area (Å²) in [5, 5.41) is 4.13. The van der Waals surface area contributed by atoms with Gasteiger partial charge in [0.25, 0.3) is 0 Å². The highest BCUT2D eigenvalue weighted by molar-refractivity contribution is 5.85. The van der Waals surface area contributed by atoms with Crippen molar-refractivity contribution in [2.24, 2.45) is 11.7 Å². The number of rotatable bonds is 7. The summed E-state index contributed by atoms with van der Waals surface area (Å²) in [5.74, 6) is 1.25. The van der Waals surface area contributed by atoms with Crippen molar-refractivity contribution in [3.8, 4) is 0 Å². The van der Waals surface area contributed by atoms with Crippen molar-refractivity contribution in [3.63, 3.8) is 0 Å². The van der Waals surface area contributed by atoms with E-state index in [1.807, 2.05) is 6.92 Å². The van der Waals surface area contributed by atoms with Crippen LogP contribution in [0, 0.1) is 5.92 Å². The molecule has 2 N–H and O–H groups in total. The molecule has 0 amide bonds. The summed E-state index contributed by atoms with van der Waals surface area (Å²) in [4.78, 5) is 16.0. The number of carbonyl (C=O) groups is 1. The summed E-state index contributed by atoms with van der Waals surface area (Å²) < 4.78 is 1.79. The van der Waals surface area contributed by atoms with Gasteiger partial charge >= 0.3 is 0 Å². The van der Waals surface area contributed by atoms with E-state index in [9.17, 15) is 4.79 Å². The number of ketones is 1. The predicted octanol–water partition coefficient (Wildman–Crippen LogP) is 1.17. The van der Waals surface area contributed by atoms with Crippen molar-refractivity contribution in [2.45, 2.75) is 52.6 Å². The first kappa shape index (κ1) is 13.8. The molecule has 0 aliphatic heterocycles. The van der Waals surface area contributed by atoms with Crippen LogP contribution in [0.4, 0.5) is 0 Å². The maximum atomic E-state index is 11.8. The summed E-state index contributed by atoms with van der Waals surface area (Å²) in [6.07, 6.45) is 3.44. The summed E-state index contributed by atoms with van der Waals surface area (Å²) in [5.41, 5.74) is 5.79. The molecule has 5 nitrogen and oxygen atoms in total. The van der Waals surface area contributed by atoms with Crippen LogP contribution in [0.1, 0.15) is 39.4 Å². The first-order chi connectivity index (χ1) is 8.04. The van der Waals surface area contributed by atoms with Gasteiger partial charge in [0.05, 0.1) is 12.5 Å². The fourth-order valence-corrected chi connectivity index (χ4v) is 1.68. The molecule has 1 aromatic rings. The maximum absolute atomic E-state index is 11.8. The molecule has 0 aliphatic rings. The minimum Gasteiger partial charge on any atom is -0.321 e. The van der Waals surface area contributed by atoms with Crippen LogP contribution in [-0.2, 0) is 17.8 Å². The van der Waals surface area contributed by atoms with Crippen LogP contribution in [0.2, 0.25) is 0 Å². The Hall–Kier alpha value is -1.23. The van der Waals surface area contributed by atoms with Crippen LogP contribution >= 0.6 is 0 Å². The lowest BCUT2D eigenvalue weighted by molar-refractivity contribution is -0.119. The maximum Gasteiger partial charge on any atom is 0.157 e. The van der Waals surface area contributed by atoms with Gasteiger partial charge in [0.15, 0.2) is 5.78 Å². The van der Waals surface area contributed by atoms with Crippen molar-refractivity contribution in [3.05, 3.63) is 12.2 Å². The monoisotopic (exact) mass is 238 g/mol. The number of hydrogen-bond donors (Lipinski definition) is 1. The van der Waals surface area contributed by atoms with E-state index in [1.54, 1.807) is 4.68 Å². The topological polar surface area (TPSA) is 73.8 Å². The minimum atomic E-state index is -0.371. The fourth-order valence-electron chi connectivity index (χ4n) is 1.68. The first-order valence-electron chi connectivity index (χ1n) is 6.19. The zero-order valence-corrected chi connectivity index (χ0v) is 10.9. The Bertz CT molecular complexity index is 359. The third-order valence-corrected chi connectivity index (χ3v) is 2.58. The smallest absolute Gasteiger partial charge is 0.157 e. The number of hydrogen-bond acceptors (Lipinski definition) is 4. The molecule has 0 fully saturated rings. The molecule has 0 saturated carbocycles. The van der Waals surface area contributed by atoms with E-state index < -0.39 is 0 Å². The van der Waals surface area contributed by atoms with Crippen molar-refractivity contribution >= 4 is 5.78 Å². The van der Waals surface area contributed by atoms with E-state index in [2.05, 4.69) is 23.9 Å². The Morgan fingerprint density at radius 3 is 2.82 bits per heavy atom. The van der Waals surface area contributed by atoms with Gasteiger partial charge in [-0.05, 0) is 12.3 Å². The highest BCUT2D eigenvalue weighted by Crippen LogP contribution is 2.05. The third kappa shape index (κ3) is 4.26. The standard InChI is InChI=1S/C12H22N4O/c1-4-5-10(13)11(17)6-12-14-8-15-16(12)7-9(2)3/h8-10H,4-7,13H2,1-3H3. The van der Waals surface area contributed by atoms with E-state index >= 15 is 0 Å². The van der Waals surface area contributed by atoms with Crippen LogP contribution < -0.4 is 5.73 Å². The van der Waals surface area contributed by atoms with Crippen LogP contribution in [-0.4, -0.2) is 26.6 Å². The summed E-state index contributed by atoms with van der Waals surface area (Å²) in [6.45, 7) is 7.02. The Morgan fingerprint density at radius 1 is 1.53 bits per heavy atom. The molecule has 1 rings (SSSR count). The van der Waals surface area contributed by atoms with Gasteiger partial charge in [-0.15, -0.1) is 0 Å². The van der Waals surface area contributed by atoms with Crippen LogP contribution in [0.5, 0.6) is 0 Å². The summed E-state index contributed by atoms with van der Waals surface area (Å²) in [7, 11) is 0. The largest absolute Gasteiger partial charge is 0.321 e. The van der Waals surface area contributed by atoms with E-state index in [0.29, 0.717) is 5.92 Å². The molecule has 1 unspecified atom stereocenters. The number of aromatic nitrogens is 3. The quantitative estimate of drug-likeness (QED) is 0.774. The Labute approximate surface area is 102 Å². The molecule has 0 radical (unpaired) electrons. The van der Waals surface area contributed by atoms with Crippen LogP contribution in [0.3, 0.4) is 0 Å². The lowest BCUT2D eigenvalue weighted by Crippen LogP contribution is -2.32. The predicted molar refractivity (Wildman–Crippen MR) is 66.5 cm³/mol. The molecule has 0 bridgehead atoms. The average Bonchev–Trinajstić information content (AvgIpc) is 2.65. The van der Waals surface area contributed by atoms with E-state index in [0.717, 1.165) is 25.2 Å². The second kappa shape index (κ2) is 6.49. The molecular formula is C12H22N4O. The fraction of sp³-hybridized carbons (Fsp3) is 0.750. The molecule has 0 aliphatic carbocycles. The van der Waals surface area contributed by atoms with Crippen molar-refractivity contribution in [1.29, 1.82) is 0 Å². The van der Waals surface area contributed by atoms with E-state index in [4.69, 9.17) is 5.73 Å². The first-order valence-corrected chi connectivity index (χ1v) is 6.19. The van der Waals surface area contributed by atoms with Gasteiger partial charge < -0.3 is 5.73 Å². The van der Waals surface area contributed by atoms with Gasteiger partial charge in [-0.25, -0.2) is 9.67 Å². The Kier molecular flexibility index (Phi) is 5.28. The van der Waals surface area contributed by atoms with Gasteiger partial charge in [0.1, 0.15) is 12.2 Å². The molecule has 1 atom stereocenters. The van der Waals surface area contributed by atoms with Crippen molar-refractivity contribution in [2.75, 3.05) is 0 Å². The number of nitrogens with zero attached hydrogens (tertiary/aromatic N) is 3. The lowest BCUT2D eigenvalue weighted by Gasteiger charge is -2.11. The number of carbonyl (C=O) groups excluding carboxylic acids is 1. The molecule has 5 heteroatoms. The normalized spacial score (nSPS) is 13.0. The molecule has 0 spiro atoms. The SMILES string of the molecule is CCCC(N)C(=O)Cc1ncnn1CC(C)C. The molecular weight excluding hydrogens is 216 g/mol. The van der Waals surface area contributed by atoms with Crippen molar-refractivity contribution < 1.29 is 4.79 Å². The zero-order chi connectivity index (χ0) is 12.8. The molecule has 96 valence electrons. The Morgan fingerprint density at radius 2 is 2.24 bits per heavy atom. The highest BCUT2D eigenvalue weighted by atomic mass is 16.1. The highest BCUT2D eigenvalue weighted by Gasteiger charge is 2.16. The van der Waals surface area contributed by atoms with Crippen LogP contribution in [0.25, 0.3) is 0 Å². The van der Waals surface area contributed by atoms with Gasteiger partial charge in [-0.1, -0.05) is 27.2 Å². The van der Waals surface area contributed by atoms with Crippen LogP contribution in [0.15, 0.2) is 6.33 Å². The molecule has 17 heavy (non-hydrogen) atoms. The van der Waals surface area contributed by atoms with Crippen molar-refractivity contribution in [1.82, 2.24) is 14.8 Å². The van der Waals surface area contributed by atoms with Gasteiger partial charge in [-0.2, -0.15) is 5.10 Å². The second-order valence-electron chi connectivity index (χ2n) is 4.79. The zero-order valence-electron chi connectivity index (χ0n) is 10.9. The second-order valence-corrected chi connectivity index (χ2v) is 4.79. The minimum absolute atomic E-state index is 0.0462.